The van der Waals surface area contributed by atoms with Gasteiger partial charge >= 0.3 is 0 Å². The molecule has 0 saturated carbocycles. The minimum Gasteiger partial charge on any atom is -0.508 e. The molecule has 0 fully saturated rings. The maximum absolute atomic E-state index is 9.13. The third-order valence-electron chi connectivity index (χ3n) is 1.68. The topological polar surface area (TPSA) is 55.5 Å². The molecule has 3 nitrogen and oxygen atoms in total. The molecular formula is C9H13NO2. The van der Waals surface area contributed by atoms with Crippen molar-refractivity contribution in [1.82, 2.24) is 0 Å². The van der Waals surface area contributed by atoms with Gasteiger partial charge in [-0.3, -0.25) is 0 Å². The molecule has 1 aromatic carbocycles. The highest BCUT2D eigenvalue weighted by Gasteiger charge is 2.01. The van der Waals surface area contributed by atoms with Gasteiger partial charge in [-0.05, 0) is 24.6 Å². The summed E-state index contributed by atoms with van der Waals surface area (Å²) in [7, 11) is 1.58. The second-order valence-corrected chi connectivity index (χ2v) is 2.53. The van der Waals surface area contributed by atoms with Crippen LogP contribution in [-0.4, -0.2) is 18.8 Å². The van der Waals surface area contributed by atoms with Crippen LogP contribution in [0.25, 0.3) is 0 Å². The van der Waals surface area contributed by atoms with Crippen LogP contribution in [0.1, 0.15) is 5.56 Å². The average molecular weight is 167 g/mol. The van der Waals surface area contributed by atoms with Crippen LogP contribution in [-0.2, 0) is 6.42 Å². The first-order chi connectivity index (χ1) is 5.77. The largest absolute Gasteiger partial charge is 0.508 e. The molecule has 0 aliphatic rings. The van der Waals surface area contributed by atoms with Gasteiger partial charge in [0.1, 0.15) is 11.5 Å². The van der Waals surface area contributed by atoms with Crippen molar-refractivity contribution in [2.75, 3.05) is 13.7 Å². The molecule has 1 aromatic rings. The van der Waals surface area contributed by atoms with Crippen molar-refractivity contribution in [1.29, 1.82) is 0 Å². The Morgan fingerprint density at radius 1 is 1.50 bits per heavy atom. The van der Waals surface area contributed by atoms with Crippen molar-refractivity contribution in [3.8, 4) is 11.5 Å². The van der Waals surface area contributed by atoms with Crippen molar-refractivity contribution in [3.63, 3.8) is 0 Å². The summed E-state index contributed by atoms with van der Waals surface area (Å²) < 4.78 is 5.06. The van der Waals surface area contributed by atoms with Gasteiger partial charge < -0.3 is 15.6 Å². The summed E-state index contributed by atoms with van der Waals surface area (Å²) in [4.78, 5) is 0. The van der Waals surface area contributed by atoms with Gasteiger partial charge in [-0.15, -0.1) is 0 Å². The Hall–Kier alpha value is -1.22. The van der Waals surface area contributed by atoms with Gasteiger partial charge in [-0.25, -0.2) is 0 Å². The minimum absolute atomic E-state index is 0.215. The number of phenolic OH excluding ortho intramolecular Hbond substituents is 1. The van der Waals surface area contributed by atoms with E-state index >= 15 is 0 Å². The number of benzene rings is 1. The lowest BCUT2D eigenvalue weighted by atomic mass is 10.1. The molecule has 3 heteroatoms. The van der Waals surface area contributed by atoms with Crippen LogP contribution in [0.15, 0.2) is 18.2 Å². The van der Waals surface area contributed by atoms with Gasteiger partial charge in [-0.2, -0.15) is 0 Å². The van der Waals surface area contributed by atoms with Crippen LogP contribution in [0.5, 0.6) is 11.5 Å². The third kappa shape index (κ3) is 1.89. The Bertz CT molecular complexity index is 261. The highest BCUT2D eigenvalue weighted by molar-refractivity contribution is 5.40. The number of phenols is 1. The van der Waals surface area contributed by atoms with Crippen LogP contribution >= 0.6 is 0 Å². The lowest BCUT2D eigenvalue weighted by Gasteiger charge is -2.06. The lowest BCUT2D eigenvalue weighted by molar-refractivity contribution is 0.403. The quantitative estimate of drug-likeness (QED) is 0.703. The van der Waals surface area contributed by atoms with Gasteiger partial charge in [0.15, 0.2) is 0 Å². The summed E-state index contributed by atoms with van der Waals surface area (Å²) in [5.74, 6) is 0.910. The first-order valence-electron chi connectivity index (χ1n) is 3.84. The van der Waals surface area contributed by atoms with Gasteiger partial charge in [-0.1, -0.05) is 6.07 Å². The Balaban J connectivity index is 2.94. The molecule has 0 amide bonds. The Morgan fingerprint density at radius 3 is 2.83 bits per heavy atom. The summed E-state index contributed by atoms with van der Waals surface area (Å²) in [5.41, 5.74) is 6.43. The van der Waals surface area contributed by atoms with E-state index in [-0.39, 0.29) is 5.75 Å². The Morgan fingerprint density at radius 2 is 2.25 bits per heavy atom. The van der Waals surface area contributed by atoms with Crippen molar-refractivity contribution in [2.24, 2.45) is 5.73 Å². The zero-order chi connectivity index (χ0) is 8.97. The van der Waals surface area contributed by atoms with Crippen molar-refractivity contribution < 1.29 is 9.84 Å². The molecule has 0 bridgehead atoms. The highest BCUT2D eigenvalue weighted by Crippen LogP contribution is 2.23. The first-order valence-corrected chi connectivity index (χ1v) is 3.84. The number of ether oxygens (including phenoxy) is 1. The molecule has 3 N–H and O–H groups in total. The van der Waals surface area contributed by atoms with Crippen LogP contribution < -0.4 is 10.5 Å². The van der Waals surface area contributed by atoms with Crippen molar-refractivity contribution >= 4 is 0 Å². The molecule has 1 rings (SSSR count). The Kier molecular flexibility index (Phi) is 2.94. The lowest BCUT2D eigenvalue weighted by Crippen LogP contribution is -2.03. The van der Waals surface area contributed by atoms with Gasteiger partial charge in [0, 0.05) is 6.07 Å². The predicted octanol–water partition coefficient (Wildman–Crippen LogP) is 0.902. The fourth-order valence-corrected chi connectivity index (χ4v) is 1.10. The summed E-state index contributed by atoms with van der Waals surface area (Å²) in [6.07, 6.45) is 0.767. The fourth-order valence-electron chi connectivity index (χ4n) is 1.10. The second-order valence-electron chi connectivity index (χ2n) is 2.53. The number of aromatic hydroxyl groups is 1. The molecule has 0 saturated heterocycles. The Labute approximate surface area is 71.8 Å². The number of nitrogens with two attached hydrogens (primary N) is 1. The van der Waals surface area contributed by atoms with E-state index in [1.54, 1.807) is 19.2 Å². The highest BCUT2D eigenvalue weighted by atomic mass is 16.5. The molecule has 12 heavy (non-hydrogen) atoms. The third-order valence-corrected chi connectivity index (χ3v) is 1.68. The predicted molar refractivity (Wildman–Crippen MR) is 47.4 cm³/mol. The molecule has 0 aliphatic carbocycles. The summed E-state index contributed by atoms with van der Waals surface area (Å²) >= 11 is 0. The van der Waals surface area contributed by atoms with Crippen LogP contribution in [0.2, 0.25) is 0 Å². The molecule has 0 radical (unpaired) electrons. The van der Waals surface area contributed by atoms with E-state index in [9.17, 15) is 0 Å². The van der Waals surface area contributed by atoms with E-state index in [4.69, 9.17) is 15.6 Å². The standard InChI is InChI=1S/C9H13NO2/c1-12-9-6-8(11)3-2-7(9)4-5-10/h2-3,6,11H,4-5,10H2,1H3. The van der Waals surface area contributed by atoms with Crippen LogP contribution in [0.4, 0.5) is 0 Å². The smallest absolute Gasteiger partial charge is 0.125 e. The normalized spacial score (nSPS) is 9.83. The van der Waals surface area contributed by atoms with Crippen LogP contribution in [0.3, 0.4) is 0 Å². The number of hydrogen-bond donors (Lipinski definition) is 2. The van der Waals surface area contributed by atoms with Gasteiger partial charge in [0.05, 0.1) is 7.11 Å². The van der Waals surface area contributed by atoms with E-state index in [0.717, 1.165) is 12.0 Å². The summed E-state index contributed by atoms with van der Waals surface area (Å²) in [5, 5.41) is 9.13. The van der Waals surface area contributed by atoms with Crippen LogP contribution in [0, 0.1) is 0 Å². The monoisotopic (exact) mass is 167 g/mol. The van der Waals surface area contributed by atoms with Crippen molar-refractivity contribution in [2.45, 2.75) is 6.42 Å². The van der Waals surface area contributed by atoms with Gasteiger partial charge in [0.25, 0.3) is 0 Å². The van der Waals surface area contributed by atoms with E-state index < -0.39 is 0 Å². The SMILES string of the molecule is COc1cc(O)ccc1CCN. The van der Waals surface area contributed by atoms with E-state index in [1.165, 1.54) is 0 Å². The van der Waals surface area contributed by atoms with Gasteiger partial charge in [0.2, 0.25) is 0 Å². The first kappa shape index (κ1) is 8.87. The zero-order valence-corrected chi connectivity index (χ0v) is 7.08. The molecule has 0 spiro atoms. The molecule has 66 valence electrons. The second kappa shape index (κ2) is 3.97. The fraction of sp³-hybridized carbons (Fsp3) is 0.333. The molecule has 0 atom stereocenters. The number of rotatable bonds is 3. The van der Waals surface area contributed by atoms with E-state index in [2.05, 4.69) is 0 Å². The maximum Gasteiger partial charge on any atom is 0.125 e. The number of methoxy groups -OCH3 is 1. The average Bonchev–Trinajstić information content (AvgIpc) is 2.08. The zero-order valence-electron chi connectivity index (χ0n) is 7.08. The molecule has 0 unspecified atom stereocenters. The van der Waals surface area contributed by atoms with E-state index in [0.29, 0.717) is 12.3 Å². The van der Waals surface area contributed by atoms with Crippen molar-refractivity contribution in [3.05, 3.63) is 23.8 Å². The maximum atomic E-state index is 9.13. The molecule has 0 heterocycles. The molecule has 0 aliphatic heterocycles. The molecular weight excluding hydrogens is 154 g/mol. The number of hydrogen-bond acceptors (Lipinski definition) is 3. The summed E-state index contributed by atoms with van der Waals surface area (Å²) in [6.45, 7) is 0.584. The summed E-state index contributed by atoms with van der Waals surface area (Å²) in [6, 6.07) is 5.04. The minimum atomic E-state index is 0.215. The van der Waals surface area contributed by atoms with E-state index in [1.807, 2.05) is 6.07 Å². The molecule has 0 aromatic heterocycles.